The molecule has 0 radical (unpaired) electrons. The highest BCUT2D eigenvalue weighted by Gasteiger charge is 2.43. The van der Waals surface area contributed by atoms with Crippen molar-refractivity contribution in [2.24, 2.45) is 0 Å². The van der Waals surface area contributed by atoms with Gasteiger partial charge in [0.2, 0.25) is 0 Å². The van der Waals surface area contributed by atoms with Crippen LogP contribution in [-0.4, -0.2) is 4.98 Å². The predicted octanol–water partition coefficient (Wildman–Crippen LogP) is 5.11. The molecule has 3 aliphatic rings. The van der Waals surface area contributed by atoms with Gasteiger partial charge in [-0.3, -0.25) is 0 Å². The van der Waals surface area contributed by atoms with Crippen molar-refractivity contribution in [1.82, 2.24) is 4.98 Å². The molecular formula is C18H14ClN. The van der Waals surface area contributed by atoms with Crippen LogP contribution in [0, 0.1) is 0 Å². The Morgan fingerprint density at radius 1 is 0.850 bits per heavy atom. The summed E-state index contributed by atoms with van der Waals surface area (Å²) in [5.74, 6) is 1.10. The standard InChI is InChI=1S/C18H14ClN/c19-18-17(13-9-5-2-6-10-16(13)20-18)15-11-14(15)12-7-3-1-4-8-12/h1-10,14-15H,11H2/t14-,15-/m0/s1. The molecule has 1 saturated carbocycles. The normalized spacial score (nSPS) is 21.1. The second-order valence-electron chi connectivity index (χ2n) is 5.39. The smallest absolute Gasteiger partial charge is 0.133 e. The van der Waals surface area contributed by atoms with Crippen LogP contribution in [0.2, 0.25) is 5.15 Å². The summed E-state index contributed by atoms with van der Waals surface area (Å²) >= 11 is 6.39. The Hall–Kier alpha value is -1.86. The van der Waals surface area contributed by atoms with Gasteiger partial charge >= 0.3 is 0 Å². The van der Waals surface area contributed by atoms with Crippen LogP contribution in [0.5, 0.6) is 0 Å². The van der Waals surface area contributed by atoms with Gasteiger partial charge in [0.15, 0.2) is 0 Å². The summed E-state index contributed by atoms with van der Waals surface area (Å²) in [5, 5.41) is 0.676. The SMILES string of the molecule is Clc1nc2cccccc-2c1[C@H]1C[C@H]1c1ccccc1. The van der Waals surface area contributed by atoms with E-state index in [0.29, 0.717) is 17.0 Å². The molecule has 0 amide bonds. The summed E-state index contributed by atoms with van der Waals surface area (Å²) in [6.07, 6.45) is 1.17. The van der Waals surface area contributed by atoms with Crippen LogP contribution < -0.4 is 0 Å². The number of nitrogens with zero attached hydrogens (tertiary/aromatic N) is 1. The van der Waals surface area contributed by atoms with Crippen molar-refractivity contribution in [2.75, 3.05) is 0 Å². The Labute approximate surface area is 123 Å². The molecule has 0 N–H and O–H groups in total. The molecule has 1 aliphatic heterocycles. The van der Waals surface area contributed by atoms with Gasteiger partial charge in [-0.2, -0.15) is 0 Å². The molecule has 4 rings (SSSR count). The van der Waals surface area contributed by atoms with Crippen molar-refractivity contribution in [3.8, 4) is 11.3 Å². The zero-order valence-electron chi connectivity index (χ0n) is 11.0. The van der Waals surface area contributed by atoms with Crippen molar-refractivity contribution < 1.29 is 0 Å². The number of rotatable bonds is 2. The first-order chi connectivity index (χ1) is 9.84. The second-order valence-corrected chi connectivity index (χ2v) is 5.74. The summed E-state index contributed by atoms with van der Waals surface area (Å²) in [7, 11) is 0. The quantitative estimate of drug-likeness (QED) is 0.635. The van der Waals surface area contributed by atoms with Crippen LogP contribution >= 0.6 is 11.6 Å². The minimum Gasteiger partial charge on any atom is -0.236 e. The molecule has 1 fully saturated rings. The first-order valence-corrected chi connectivity index (χ1v) is 7.31. The maximum Gasteiger partial charge on any atom is 0.133 e. The van der Waals surface area contributed by atoms with E-state index in [0.717, 1.165) is 5.69 Å². The Balaban J connectivity index is 1.74. The molecule has 2 atom stereocenters. The predicted molar refractivity (Wildman–Crippen MR) is 82.4 cm³/mol. The van der Waals surface area contributed by atoms with Crippen LogP contribution in [0.4, 0.5) is 0 Å². The van der Waals surface area contributed by atoms with E-state index in [1.54, 1.807) is 0 Å². The van der Waals surface area contributed by atoms with E-state index < -0.39 is 0 Å². The third-order valence-electron chi connectivity index (χ3n) is 4.14. The highest BCUT2D eigenvalue weighted by atomic mass is 35.5. The van der Waals surface area contributed by atoms with Crippen molar-refractivity contribution in [2.45, 2.75) is 18.3 Å². The number of benzene rings is 1. The molecule has 1 aromatic rings. The molecule has 0 saturated heterocycles. The first-order valence-electron chi connectivity index (χ1n) is 6.93. The molecular weight excluding hydrogens is 266 g/mol. The topological polar surface area (TPSA) is 12.9 Å². The second kappa shape index (κ2) is 4.60. The summed E-state index contributed by atoms with van der Waals surface area (Å²) in [4.78, 5) is 4.51. The molecule has 0 unspecified atom stereocenters. The van der Waals surface area contributed by atoms with Gasteiger partial charge in [-0.25, -0.2) is 4.98 Å². The van der Waals surface area contributed by atoms with Crippen LogP contribution in [-0.2, 0) is 0 Å². The third kappa shape index (κ3) is 1.90. The van der Waals surface area contributed by atoms with Crippen LogP contribution in [0.1, 0.15) is 29.4 Å². The highest BCUT2D eigenvalue weighted by Crippen LogP contribution is 2.58. The van der Waals surface area contributed by atoms with Crippen LogP contribution in [0.15, 0.2) is 60.7 Å². The minimum atomic E-state index is 0.511. The Bertz CT molecular complexity index is 723. The largest absolute Gasteiger partial charge is 0.236 e. The van der Waals surface area contributed by atoms with E-state index in [-0.39, 0.29) is 0 Å². The van der Waals surface area contributed by atoms with E-state index in [1.165, 1.54) is 23.1 Å². The zero-order valence-corrected chi connectivity index (χ0v) is 11.7. The minimum absolute atomic E-state index is 0.511. The zero-order chi connectivity index (χ0) is 13.5. The fourth-order valence-electron chi connectivity index (χ4n) is 3.08. The molecule has 0 spiro atoms. The lowest BCUT2D eigenvalue weighted by Crippen LogP contribution is -1.84. The van der Waals surface area contributed by atoms with E-state index >= 15 is 0 Å². The van der Waals surface area contributed by atoms with Crippen LogP contribution in [0.3, 0.4) is 0 Å². The van der Waals surface area contributed by atoms with Gasteiger partial charge in [-0.05, 0) is 29.9 Å². The molecule has 0 bridgehead atoms. The fourth-order valence-corrected chi connectivity index (χ4v) is 3.41. The number of halogens is 1. The van der Waals surface area contributed by atoms with E-state index in [9.17, 15) is 0 Å². The lowest BCUT2D eigenvalue weighted by Gasteiger charge is -2.01. The lowest BCUT2D eigenvalue weighted by molar-refractivity contribution is 1.03. The average molecular weight is 280 g/mol. The Morgan fingerprint density at radius 3 is 2.35 bits per heavy atom. The van der Waals surface area contributed by atoms with Crippen molar-refractivity contribution in [3.05, 3.63) is 76.9 Å². The van der Waals surface area contributed by atoms with Crippen molar-refractivity contribution in [1.29, 1.82) is 0 Å². The average Bonchev–Trinajstić information content (AvgIpc) is 3.23. The molecule has 1 heterocycles. The van der Waals surface area contributed by atoms with E-state index in [1.807, 2.05) is 18.2 Å². The molecule has 1 nitrogen and oxygen atoms in total. The van der Waals surface area contributed by atoms with Gasteiger partial charge < -0.3 is 0 Å². The molecule has 0 aromatic heterocycles. The Morgan fingerprint density at radius 2 is 1.55 bits per heavy atom. The van der Waals surface area contributed by atoms with Gasteiger partial charge in [0, 0.05) is 11.1 Å². The molecule has 2 aliphatic carbocycles. The monoisotopic (exact) mass is 279 g/mol. The fraction of sp³-hybridized carbons (Fsp3) is 0.167. The summed E-state index contributed by atoms with van der Waals surface area (Å²) in [6, 6.07) is 20.9. The van der Waals surface area contributed by atoms with Gasteiger partial charge in [-0.1, -0.05) is 66.2 Å². The van der Waals surface area contributed by atoms with Gasteiger partial charge in [0.25, 0.3) is 0 Å². The van der Waals surface area contributed by atoms with Crippen LogP contribution in [0.25, 0.3) is 11.3 Å². The third-order valence-corrected chi connectivity index (χ3v) is 4.42. The van der Waals surface area contributed by atoms with Crippen molar-refractivity contribution in [3.63, 3.8) is 0 Å². The number of aromatic nitrogens is 1. The first kappa shape index (κ1) is 11.9. The van der Waals surface area contributed by atoms with Gasteiger partial charge in [0.05, 0.1) is 5.69 Å². The summed E-state index contributed by atoms with van der Waals surface area (Å²) in [5.41, 5.74) is 4.83. The Kier molecular flexibility index (Phi) is 2.75. The highest BCUT2D eigenvalue weighted by molar-refractivity contribution is 6.31. The van der Waals surface area contributed by atoms with E-state index in [4.69, 9.17) is 11.6 Å². The molecule has 20 heavy (non-hydrogen) atoms. The maximum atomic E-state index is 6.39. The summed E-state index contributed by atoms with van der Waals surface area (Å²) < 4.78 is 0. The van der Waals surface area contributed by atoms with Crippen molar-refractivity contribution >= 4 is 11.6 Å². The summed E-state index contributed by atoms with van der Waals surface area (Å²) in [6.45, 7) is 0. The maximum absolute atomic E-state index is 6.39. The van der Waals surface area contributed by atoms with Gasteiger partial charge in [0.1, 0.15) is 5.15 Å². The number of hydrogen-bond donors (Lipinski definition) is 0. The van der Waals surface area contributed by atoms with E-state index in [2.05, 4.69) is 47.4 Å². The van der Waals surface area contributed by atoms with Gasteiger partial charge in [-0.15, -0.1) is 0 Å². The lowest BCUT2D eigenvalue weighted by atomic mass is 10.0. The molecule has 98 valence electrons. The number of fused-ring (bicyclic) bond motifs is 1. The number of hydrogen-bond acceptors (Lipinski definition) is 1. The molecule has 1 aromatic carbocycles. The molecule has 2 heteroatoms.